The largest absolute Gasteiger partial charge is 0.435 e. The number of guanidine groups is 1. The van der Waals surface area contributed by atoms with Crippen LogP contribution in [0, 0.1) is 0 Å². The van der Waals surface area contributed by atoms with Gasteiger partial charge in [-0.25, -0.2) is 4.99 Å². The molecular weight excluding hydrogens is 228 g/mol. The molecule has 0 amide bonds. The topological polar surface area (TPSA) is 73.6 Å². The van der Waals surface area contributed by atoms with Crippen LogP contribution in [0.3, 0.4) is 0 Å². The van der Waals surface area contributed by atoms with E-state index in [1.54, 1.807) is 18.2 Å². The van der Waals surface area contributed by atoms with Crippen LogP contribution in [0.25, 0.3) is 0 Å². The predicted molar refractivity (Wildman–Crippen MR) is 60.0 cm³/mol. The number of halogens is 2. The smallest absolute Gasteiger partial charge is 0.387 e. The summed E-state index contributed by atoms with van der Waals surface area (Å²) in [5.41, 5.74) is 11.3. The summed E-state index contributed by atoms with van der Waals surface area (Å²) in [4.78, 5) is 4.00. The summed E-state index contributed by atoms with van der Waals surface area (Å²) >= 11 is 0. The van der Waals surface area contributed by atoms with Crippen molar-refractivity contribution in [2.75, 3.05) is 0 Å². The normalized spacial score (nSPS) is 22.3. The lowest BCUT2D eigenvalue weighted by molar-refractivity contribution is -0.0504. The van der Waals surface area contributed by atoms with E-state index in [1.807, 2.05) is 0 Å². The Balaban J connectivity index is 2.14. The van der Waals surface area contributed by atoms with Crippen molar-refractivity contribution in [3.63, 3.8) is 0 Å². The molecule has 6 heteroatoms. The molecule has 0 aliphatic heterocycles. The van der Waals surface area contributed by atoms with Crippen LogP contribution < -0.4 is 16.2 Å². The second-order valence-electron chi connectivity index (χ2n) is 3.88. The van der Waals surface area contributed by atoms with E-state index < -0.39 is 6.61 Å². The van der Waals surface area contributed by atoms with E-state index in [1.165, 1.54) is 6.07 Å². The van der Waals surface area contributed by atoms with Gasteiger partial charge in [0.05, 0.1) is 6.04 Å². The molecule has 4 nitrogen and oxygen atoms in total. The molecule has 1 aromatic carbocycles. The number of benzene rings is 1. The van der Waals surface area contributed by atoms with Crippen LogP contribution in [0.15, 0.2) is 29.3 Å². The zero-order valence-corrected chi connectivity index (χ0v) is 9.01. The monoisotopic (exact) mass is 241 g/mol. The first-order valence-electron chi connectivity index (χ1n) is 5.20. The van der Waals surface area contributed by atoms with Gasteiger partial charge in [0.1, 0.15) is 5.75 Å². The minimum Gasteiger partial charge on any atom is -0.435 e. The third-order valence-corrected chi connectivity index (χ3v) is 2.61. The fourth-order valence-corrected chi connectivity index (χ4v) is 1.84. The number of aliphatic imine (C=N–C) groups is 1. The van der Waals surface area contributed by atoms with Gasteiger partial charge < -0.3 is 16.2 Å². The number of nitrogens with zero attached hydrogens (tertiary/aromatic N) is 1. The van der Waals surface area contributed by atoms with E-state index in [0.29, 0.717) is 0 Å². The summed E-state index contributed by atoms with van der Waals surface area (Å²) in [5, 5.41) is 0. The standard InChI is InChI=1S/C11H13F2N3O/c12-10(13)17-9-4-2-1-3-6(9)7-5-8(7)16-11(14)15/h1-4,7-8,10H,5H2,(H4,14,15,16)/t7-,8+/m1/s1. The fraction of sp³-hybridized carbons (Fsp3) is 0.364. The highest BCUT2D eigenvalue weighted by atomic mass is 19.3. The van der Waals surface area contributed by atoms with Crippen LogP contribution in [0.2, 0.25) is 0 Å². The van der Waals surface area contributed by atoms with Crippen molar-refractivity contribution in [1.82, 2.24) is 0 Å². The first kappa shape index (κ1) is 11.6. The maximum absolute atomic E-state index is 12.2. The average Bonchev–Trinajstić information content (AvgIpc) is 2.96. The number of para-hydroxylation sites is 1. The van der Waals surface area contributed by atoms with Crippen LogP contribution in [-0.2, 0) is 0 Å². The molecule has 1 saturated carbocycles. The average molecular weight is 241 g/mol. The summed E-state index contributed by atoms with van der Waals surface area (Å²) in [6, 6.07) is 6.68. The van der Waals surface area contributed by atoms with Crippen LogP contribution in [-0.4, -0.2) is 18.6 Å². The van der Waals surface area contributed by atoms with E-state index in [9.17, 15) is 8.78 Å². The molecule has 2 atom stereocenters. The van der Waals surface area contributed by atoms with Gasteiger partial charge >= 0.3 is 6.61 Å². The van der Waals surface area contributed by atoms with Gasteiger partial charge in [-0.05, 0) is 18.1 Å². The lowest BCUT2D eigenvalue weighted by atomic mass is 10.1. The van der Waals surface area contributed by atoms with Gasteiger partial charge in [0.15, 0.2) is 5.96 Å². The first-order chi connectivity index (χ1) is 8.08. The van der Waals surface area contributed by atoms with Gasteiger partial charge in [0.25, 0.3) is 0 Å². The number of rotatable bonds is 4. The Hall–Kier alpha value is -1.85. The lowest BCUT2D eigenvalue weighted by Gasteiger charge is -2.09. The van der Waals surface area contributed by atoms with Crippen molar-refractivity contribution < 1.29 is 13.5 Å². The highest BCUT2D eigenvalue weighted by Gasteiger charge is 2.40. The van der Waals surface area contributed by atoms with Crippen LogP contribution >= 0.6 is 0 Å². The molecule has 0 unspecified atom stereocenters. The van der Waals surface area contributed by atoms with Crippen molar-refractivity contribution >= 4 is 5.96 Å². The van der Waals surface area contributed by atoms with Gasteiger partial charge in [-0.1, -0.05) is 18.2 Å². The molecule has 1 aromatic rings. The quantitative estimate of drug-likeness (QED) is 0.618. The first-order valence-corrected chi connectivity index (χ1v) is 5.20. The number of hydrogen-bond donors (Lipinski definition) is 2. The summed E-state index contributed by atoms with van der Waals surface area (Å²) in [6.07, 6.45) is 0.751. The highest BCUT2D eigenvalue weighted by molar-refractivity contribution is 5.76. The molecular formula is C11H13F2N3O. The van der Waals surface area contributed by atoms with Crippen molar-refractivity contribution in [3.8, 4) is 5.75 Å². The number of hydrogen-bond acceptors (Lipinski definition) is 2. The Morgan fingerprint density at radius 2 is 2.06 bits per heavy atom. The lowest BCUT2D eigenvalue weighted by Crippen LogP contribution is -2.23. The van der Waals surface area contributed by atoms with E-state index in [0.717, 1.165) is 12.0 Å². The van der Waals surface area contributed by atoms with Crippen molar-refractivity contribution in [3.05, 3.63) is 29.8 Å². The van der Waals surface area contributed by atoms with Crippen molar-refractivity contribution in [1.29, 1.82) is 0 Å². The summed E-state index contributed by atoms with van der Waals surface area (Å²) in [5.74, 6) is 0.276. The molecule has 92 valence electrons. The van der Waals surface area contributed by atoms with Crippen LogP contribution in [0.1, 0.15) is 17.9 Å². The molecule has 0 spiro atoms. The Morgan fingerprint density at radius 1 is 1.35 bits per heavy atom. The SMILES string of the molecule is NC(N)=N[C@H]1C[C@@H]1c1ccccc1OC(F)F. The predicted octanol–water partition coefficient (Wildman–Crippen LogP) is 1.42. The molecule has 1 aliphatic carbocycles. The van der Waals surface area contributed by atoms with E-state index in [4.69, 9.17) is 11.5 Å². The molecule has 0 aromatic heterocycles. The van der Waals surface area contributed by atoms with Gasteiger partial charge in [-0.15, -0.1) is 0 Å². The summed E-state index contributed by atoms with van der Waals surface area (Å²) < 4.78 is 28.9. The van der Waals surface area contributed by atoms with E-state index in [-0.39, 0.29) is 23.7 Å². The van der Waals surface area contributed by atoms with Gasteiger partial charge in [-0.3, -0.25) is 0 Å². The number of nitrogens with two attached hydrogens (primary N) is 2. The molecule has 0 saturated heterocycles. The Kier molecular flexibility index (Phi) is 3.12. The second-order valence-corrected chi connectivity index (χ2v) is 3.88. The molecule has 4 N–H and O–H groups in total. The zero-order valence-electron chi connectivity index (χ0n) is 9.01. The van der Waals surface area contributed by atoms with Crippen molar-refractivity contribution in [2.24, 2.45) is 16.5 Å². The second kappa shape index (κ2) is 4.57. The van der Waals surface area contributed by atoms with Crippen LogP contribution in [0.4, 0.5) is 8.78 Å². The maximum atomic E-state index is 12.2. The van der Waals surface area contributed by atoms with E-state index >= 15 is 0 Å². The van der Waals surface area contributed by atoms with E-state index in [2.05, 4.69) is 9.73 Å². The molecule has 0 radical (unpaired) electrons. The third kappa shape index (κ3) is 2.83. The zero-order chi connectivity index (χ0) is 12.4. The molecule has 1 aliphatic rings. The van der Waals surface area contributed by atoms with Gasteiger partial charge in [0.2, 0.25) is 0 Å². The minimum atomic E-state index is -2.82. The minimum absolute atomic E-state index is 0.0183. The molecule has 17 heavy (non-hydrogen) atoms. The van der Waals surface area contributed by atoms with Crippen LogP contribution in [0.5, 0.6) is 5.75 Å². The molecule has 2 rings (SSSR count). The molecule has 0 heterocycles. The third-order valence-electron chi connectivity index (χ3n) is 2.61. The molecule has 1 fully saturated rings. The van der Waals surface area contributed by atoms with Crippen molar-refractivity contribution in [2.45, 2.75) is 25.0 Å². The number of alkyl halides is 2. The highest BCUT2D eigenvalue weighted by Crippen LogP contribution is 2.47. The van der Waals surface area contributed by atoms with Gasteiger partial charge in [0, 0.05) is 5.92 Å². The van der Waals surface area contributed by atoms with Gasteiger partial charge in [-0.2, -0.15) is 8.78 Å². The summed E-state index contributed by atoms with van der Waals surface area (Å²) in [7, 11) is 0. The Labute approximate surface area is 97.3 Å². The fourth-order valence-electron chi connectivity index (χ4n) is 1.84. The molecule has 0 bridgehead atoms. The Bertz CT molecular complexity index is 432. The summed E-state index contributed by atoms with van der Waals surface area (Å²) in [6.45, 7) is -2.82. The number of ether oxygens (including phenoxy) is 1. The Morgan fingerprint density at radius 3 is 2.71 bits per heavy atom. The maximum Gasteiger partial charge on any atom is 0.387 e.